The molecule has 10 heteroatoms. The Hall–Kier alpha value is -2.53. The van der Waals surface area contributed by atoms with Gasteiger partial charge in [0.05, 0.1) is 18.6 Å². The highest BCUT2D eigenvalue weighted by atomic mass is 16.3. The minimum absolute atomic E-state index is 0. The lowest BCUT2D eigenvalue weighted by atomic mass is 10.0. The van der Waals surface area contributed by atoms with E-state index < -0.39 is 6.10 Å². The fourth-order valence-electron chi connectivity index (χ4n) is 2.81. The molecule has 0 spiro atoms. The Kier molecular flexibility index (Phi) is 76.6. The second kappa shape index (κ2) is 53.8. The molecule has 0 aliphatic carbocycles. The van der Waals surface area contributed by atoms with Crippen molar-refractivity contribution in [3.05, 3.63) is 24.4 Å². The SMILES string of the molecule is C.C.C=C(C)N(C)C.CC(=O)/C=C/CC(C)C.CC(=O)CC(O)CC(C)C.CC(C)=O.CC(C)CC=O.CC(CC(O)CC(C)C)=[N+](C)C.CNC.O. The molecule has 0 aromatic heterocycles. The van der Waals surface area contributed by atoms with E-state index in [1.54, 1.807) is 13.0 Å². The average Bonchev–Trinajstić information content (AvgIpc) is 2.88. The van der Waals surface area contributed by atoms with E-state index in [0.29, 0.717) is 36.5 Å². The molecule has 0 aromatic carbocycles. The van der Waals surface area contributed by atoms with Gasteiger partial charge in [0.2, 0.25) is 0 Å². The third kappa shape index (κ3) is 120. The second-order valence-corrected chi connectivity index (χ2v) is 14.8. The molecule has 2 atom stereocenters. The summed E-state index contributed by atoms with van der Waals surface area (Å²) in [7, 11) is 11.7. The minimum Gasteiger partial charge on any atom is -0.412 e. The van der Waals surface area contributed by atoms with Crippen LogP contribution in [0.25, 0.3) is 0 Å². The summed E-state index contributed by atoms with van der Waals surface area (Å²) in [6, 6.07) is 0. The van der Waals surface area contributed by atoms with Crippen LogP contribution >= 0.6 is 0 Å². The van der Waals surface area contributed by atoms with E-state index in [9.17, 15) is 24.3 Å². The molecule has 53 heavy (non-hydrogen) atoms. The number of carbonyl (C=O) groups is 4. The molecule has 10 nitrogen and oxygen atoms in total. The molecule has 5 N–H and O–H groups in total. The first-order chi connectivity index (χ1) is 22.6. The summed E-state index contributed by atoms with van der Waals surface area (Å²) in [5.41, 5.74) is 2.33. The van der Waals surface area contributed by atoms with Gasteiger partial charge in [-0.1, -0.05) is 82.9 Å². The van der Waals surface area contributed by atoms with Crippen LogP contribution in [0.4, 0.5) is 0 Å². The first kappa shape index (κ1) is 75.4. The Morgan fingerprint density at radius 3 is 1.19 bits per heavy atom. The van der Waals surface area contributed by atoms with Crippen molar-refractivity contribution in [3.63, 3.8) is 0 Å². The molecule has 0 bridgehead atoms. The molecule has 0 saturated carbocycles. The summed E-state index contributed by atoms with van der Waals surface area (Å²) >= 11 is 0. The van der Waals surface area contributed by atoms with Crippen molar-refractivity contribution in [2.75, 3.05) is 42.3 Å². The lowest BCUT2D eigenvalue weighted by Gasteiger charge is -2.11. The molecule has 0 aromatic rings. The molecule has 0 saturated heterocycles. The Balaban J connectivity index is -0.0000000523. The fourth-order valence-corrected chi connectivity index (χ4v) is 2.81. The van der Waals surface area contributed by atoms with Crippen LogP contribution < -0.4 is 5.32 Å². The van der Waals surface area contributed by atoms with Gasteiger partial charge < -0.3 is 35.5 Å². The van der Waals surface area contributed by atoms with Gasteiger partial charge in [-0.3, -0.25) is 9.59 Å². The maximum Gasteiger partial charge on any atom is 0.152 e. The lowest BCUT2D eigenvalue weighted by molar-refractivity contribution is -0.466. The number of aldehydes is 1. The summed E-state index contributed by atoms with van der Waals surface area (Å²) < 4.78 is 2.06. The maximum absolute atomic E-state index is 10.5. The van der Waals surface area contributed by atoms with Gasteiger partial charge in [0.25, 0.3) is 0 Å². The molecule has 0 aliphatic heterocycles. The van der Waals surface area contributed by atoms with Crippen LogP contribution in [-0.4, -0.2) is 109 Å². The number of nitrogens with one attached hydrogen (secondary N) is 1. The molecule has 0 amide bonds. The van der Waals surface area contributed by atoms with Crippen molar-refractivity contribution in [2.24, 2.45) is 23.7 Å². The number of aliphatic hydroxyl groups is 2. The van der Waals surface area contributed by atoms with Crippen LogP contribution in [0.1, 0.15) is 150 Å². The Morgan fingerprint density at radius 2 is 1.02 bits per heavy atom. The Labute approximate surface area is 331 Å². The number of carbonyl (C=O) groups excluding carboxylic acids is 4. The molecular formula is C43H96N3O7+. The van der Waals surface area contributed by atoms with Gasteiger partial charge >= 0.3 is 0 Å². The Morgan fingerprint density at radius 1 is 0.717 bits per heavy atom. The van der Waals surface area contributed by atoms with Crippen LogP contribution in [0.5, 0.6) is 0 Å². The van der Waals surface area contributed by atoms with Crippen molar-refractivity contribution in [1.82, 2.24) is 10.2 Å². The average molecular weight is 767 g/mol. The van der Waals surface area contributed by atoms with Crippen molar-refractivity contribution >= 4 is 29.3 Å². The van der Waals surface area contributed by atoms with Gasteiger partial charge in [0, 0.05) is 39.6 Å². The fraction of sp³-hybridized carbons (Fsp3) is 0.791. The molecule has 0 heterocycles. The van der Waals surface area contributed by atoms with E-state index in [4.69, 9.17) is 5.11 Å². The zero-order valence-electron chi connectivity index (χ0n) is 37.1. The quantitative estimate of drug-likeness (QED) is 0.0690. The summed E-state index contributed by atoms with van der Waals surface area (Å²) in [6.07, 6.45) is 8.30. The number of nitrogens with zero attached hydrogens (tertiary/aromatic N) is 2. The lowest BCUT2D eigenvalue weighted by Crippen LogP contribution is -2.19. The Bertz CT molecular complexity index is 871. The standard InChI is InChI=1S/C10H22NO.C8H16O2.C8H14O.C5H11N.C5H10O.C3H6O.C2H7N.2CH4.H2O/c1-8(2)6-10(12)7-9(3)11(4)5;1-6(2)4-8(10)5-7(3)9;1-7(2)5-4-6-8(3)9;1-5(2)6(3)4;1-5(2)3-4-6;1-3(2)4;1-3-2;;;/h8,10,12H,6-7H2,1-5H3;6,8,10H,4-5H2,1-3H3;4,6-7H,5H2,1-3H3;1H2,2-4H3;4-5H,3H2,1-2H3;1-2H3;3H,1-2H3;2*1H4;1H2/q+1;;;;;;;;;/b;;6-4+;;;;;;;. The number of allylic oxidation sites excluding steroid dienone is 3. The third-order valence-electron chi connectivity index (χ3n) is 5.60. The molecular weight excluding hydrogens is 670 g/mol. The van der Waals surface area contributed by atoms with Gasteiger partial charge in [-0.05, 0) is 97.7 Å². The smallest absolute Gasteiger partial charge is 0.152 e. The zero-order valence-corrected chi connectivity index (χ0v) is 37.1. The molecule has 2 unspecified atom stereocenters. The first-order valence-electron chi connectivity index (χ1n) is 18.0. The number of aliphatic hydroxyl groups excluding tert-OH is 2. The van der Waals surface area contributed by atoms with Crippen molar-refractivity contribution in [3.8, 4) is 0 Å². The van der Waals surface area contributed by atoms with E-state index in [0.717, 1.165) is 37.7 Å². The zero-order chi connectivity index (χ0) is 41.6. The number of hydrogen-bond acceptors (Lipinski definition) is 8. The van der Waals surface area contributed by atoms with Crippen LogP contribution in [0, 0.1) is 23.7 Å². The predicted octanol–water partition coefficient (Wildman–Crippen LogP) is 8.26. The van der Waals surface area contributed by atoms with Crippen LogP contribution in [-0.2, 0) is 19.2 Å². The molecule has 324 valence electrons. The van der Waals surface area contributed by atoms with E-state index in [2.05, 4.69) is 51.1 Å². The van der Waals surface area contributed by atoms with Crippen LogP contribution in [0.3, 0.4) is 0 Å². The van der Waals surface area contributed by atoms with E-state index in [1.807, 2.05) is 87.9 Å². The molecule has 0 rings (SSSR count). The number of hydrogen-bond donors (Lipinski definition) is 3. The molecule has 0 radical (unpaired) electrons. The second-order valence-electron chi connectivity index (χ2n) is 14.8. The summed E-state index contributed by atoms with van der Waals surface area (Å²) in [5.74, 6) is 2.59. The largest absolute Gasteiger partial charge is 0.412 e. The van der Waals surface area contributed by atoms with Gasteiger partial charge in [-0.15, -0.1) is 0 Å². The van der Waals surface area contributed by atoms with Crippen molar-refractivity contribution < 1.29 is 39.4 Å². The summed E-state index contributed by atoms with van der Waals surface area (Å²) in [4.78, 5) is 41.8. The van der Waals surface area contributed by atoms with Gasteiger partial charge in [-0.25, -0.2) is 4.58 Å². The monoisotopic (exact) mass is 767 g/mol. The minimum atomic E-state index is -0.433. The highest BCUT2D eigenvalue weighted by Gasteiger charge is 2.11. The number of Topliss-reactive ketones (excluding diaryl/α,β-unsaturated/α-hetero) is 2. The summed E-state index contributed by atoms with van der Waals surface area (Å²) in [6.45, 7) is 30.5. The molecule has 0 fully saturated rings. The summed E-state index contributed by atoms with van der Waals surface area (Å²) in [5, 5.41) is 21.5. The normalized spacial score (nSPS) is 10.2. The van der Waals surface area contributed by atoms with Crippen LogP contribution in [0.2, 0.25) is 0 Å². The van der Waals surface area contributed by atoms with Crippen LogP contribution in [0.15, 0.2) is 24.4 Å². The number of rotatable bonds is 14. The topological polar surface area (TPSA) is 159 Å². The van der Waals surface area contributed by atoms with Gasteiger partial charge in [0.15, 0.2) is 11.5 Å². The highest BCUT2D eigenvalue weighted by molar-refractivity contribution is 5.87. The number of ketones is 3. The van der Waals surface area contributed by atoms with Crippen molar-refractivity contribution in [2.45, 2.75) is 163 Å². The van der Waals surface area contributed by atoms with Gasteiger partial charge in [-0.2, -0.15) is 0 Å². The third-order valence-corrected chi connectivity index (χ3v) is 5.60. The highest BCUT2D eigenvalue weighted by Crippen LogP contribution is 2.08. The maximum atomic E-state index is 10.5. The van der Waals surface area contributed by atoms with Gasteiger partial charge in [0.1, 0.15) is 31.9 Å². The predicted molar refractivity (Wildman–Crippen MR) is 235 cm³/mol. The first-order valence-corrected chi connectivity index (χ1v) is 18.0. The van der Waals surface area contributed by atoms with E-state index >= 15 is 0 Å². The van der Waals surface area contributed by atoms with E-state index in [1.165, 1.54) is 26.5 Å². The molecule has 0 aliphatic rings. The van der Waals surface area contributed by atoms with E-state index in [-0.39, 0.29) is 43.8 Å². The van der Waals surface area contributed by atoms with Crippen molar-refractivity contribution in [1.29, 1.82) is 0 Å².